The highest BCUT2D eigenvalue weighted by molar-refractivity contribution is 5.97. The molecule has 2 aliphatic rings. The van der Waals surface area contributed by atoms with Gasteiger partial charge >= 0.3 is 0 Å². The van der Waals surface area contributed by atoms with Gasteiger partial charge in [0.05, 0.1) is 25.4 Å². The van der Waals surface area contributed by atoms with Crippen molar-refractivity contribution in [2.75, 3.05) is 19.7 Å². The zero-order valence-electron chi connectivity index (χ0n) is 16.4. The lowest BCUT2D eigenvalue weighted by Gasteiger charge is -2.41. The van der Waals surface area contributed by atoms with E-state index in [1.807, 2.05) is 0 Å². The Labute approximate surface area is 165 Å². The first kappa shape index (κ1) is 23.0. The number of carbonyl (C=O) groups excluding carboxylic acids is 2. The summed E-state index contributed by atoms with van der Waals surface area (Å²) in [5.41, 5.74) is 5.42. The van der Waals surface area contributed by atoms with Crippen molar-refractivity contribution in [3.63, 3.8) is 0 Å². The van der Waals surface area contributed by atoms with Crippen molar-refractivity contribution < 1.29 is 30.0 Å². The fourth-order valence-corrected chi connectivity index (χ4v) is 4.16. The maximum atomic E-state index is 13.1. The summed E-state index contributed by atoms with van der Waals surface area (Å²) < 4.78 is 0. The molecule has 5 atom stereocenters. The maximum absolute atomic E-state index is 13.1. The van der Waals surface area contributed by atoms with Gasteiger partial charge in [0.15, 0.2) is 0 Å². The van der Waals surface area contributed by atoms with Crippen LogP contribution < -0.4 is 11.1 Å². The van der Waals surface area contributed by atoms with Crippen LogP contribution in [-0.4, -0.2) is 87.2 Å². The molecule has 0 aromatic heterocycles. The lowest BCUT2D eigenvalue weighted by molar-refractivity contribution is -0.153. The Morgan fingerprint density at radius 2 is 1.79 bits per heavy atom. The number of amides is 2. The Hall–Kier alpha value is -1.26. The number of β-amino-alcohol motifs (C(OH)–C–C–N with tert-alkyl or cyclic N) is 1. The van der Waals surface area contributed by atoms with Crippen LogP contribution in [0.1, 0.15) is 51.4 Å². The lowest BCUT2D eigenvalue weighted by atomic mass is 9.83. The number of hydrogen-bond donors (Lipinski definition) is 6. The predicted octanol–water partition coefficient (Wildman–Crippen LogP) is -1.53. The standard InChI is InChI=1S/C19H35N3O6/c20-9-13(24)6-7-15-18(27)21-14(8-12-4-2-1-3-5-12)19(28)22(15)10-16(25)17(26)11-23/h12-17,23-26H,1-11,20H2,(H,21,27). The average molecular weight is 402 g/mol. The zero-order valence-corrected chi connectivity index (χ0v) is 16.4. The van der Waals surface area contributed by atoms with E-state index in [4.69, 9.17) is 10.8 Å². The average Bonchev–Trinajstić information content (AvgIpc) is 2.70. The number of hydrogen-bond acceptors (Lipinski definition) is 7. The Morgan fingerprint density at radius 3 is 2.39 bits per heavy atom. The van der Waals surface area contributed by atoms with Crippen LogP contribution in [0.15, 0.2) is 0 Å². The van der Waals surface area contributed by atoms with E-state index in [0.717, 1.165) is 25.7 Å². The minimum atomic E-state index is -1.40. The smallest absolute Gasteiger partial charge is 0.245 e. The van der Waals surface area contributed by atoms with E-state index in [9.17, 15) is 24.9 Å². The van der Waals surface area contributed by atoms with E-state index in [1.165, 1.54) is 11.3 Å². The second-order valence-corrected chi connectivity index (χ2v) is 8.09. The summed E-state index contributed by atoms with van der Waals surface area (Å²) in [4.78, 5) is 27.1. The van der Waals surface area contributed by atoms with Crippen molar-refractivity contribution in [1.82, 2.24) is 10.2 Å². The SMILES string of the molecule is NCC(O)CCC1C(=O)NC(CC2CCCCC2)C(=O)N1CC(O)C(O)CO. The highest BCUT2D eigenvalue weighted by Crippen LogP contribution is 2.29. The van der Waals surface area contributed by atoms with E-state index < -0.39 is 37.0 Å². The summed E-state index contributed by atoms with van der Waals surface area (Å²) in [5, 5.41) is 41.4. The highest BCUT2D eigenvalue weighted by Gasteiger charge is 2.42. The Morgan fingerprint density at radius 1 is 1.11 bits per heavy atom. The minimum Gasteiger partial charge on any atom is -0.394 e. The highest BCUT2D eigenvalue weighted by atomic mass is 16.4. The molecule has 9 heteroatoms. The van der Waals surface area contributed by atoms with Gasteiger partial charge in [-0.3, -0.25) is 9.59 Å². The quantitative estimate of drug-likeness (QED) is 0.259. The largest absolute Gasteiger partial charge is 0.394 e. The van der Waals surface area contributed by atoms with Gasteiger partial charge in [-0.25, -0.2) is 0 Å². The summed E-state index contributed by atoms with van der Waals surface area (Å²) in [6, 6.07) is -1.50. The number of rotatable bonds is 10. The van der Waals surface area contributed by atoms with E-state index in [2.05, 4.69) is 5.32 Å². The van der Waals surface area contributed by atoms with Crippen LogP contribution in [0.25, 0.3) is 0 Å². The van der Waals surface area contributed by atoms with Gasteiger partial charge < -0.3 is 36.4 Å². The number of nitrogens with two attached hydrogens (primary N) is 1. The molecule has 0 aromatic carbocycles. The predicted molar refractivity (Wildman–Crippen MR) is 102 cm³/mol. The van der Waals surface area contributed by atoms with Crippen LogP contribution in [0.2, 0.25) is 0 Å². The first-order valence-corrected chi connectivity index (χ1v) is 10.3. The van der Waals surface area contributed by atoms with E-state index in [-0.39, 0.29) is 37.7 Å². The molecule has 1 saturated heterocycles. The number of nitrogens with zero attached hydrogens (tertiary/aromatic N) is 1. The van der Waals surface area contributed by atoms with Gasteiger partial charge in [-0.15, -0.1) is 0 Å². The summed E-state index contributed by atoms with van der Waals surface area (Å²) in [7, 11) is 0. The molecule has 28 heavy (non-hydrogen) atoms. The van der Waals surface area contributed by atoms with Crippen molar-refractivity contribution in [2.45, 2.75) is 81.8 Å². The molecule has 2 fully saturated rings. The van der Waals surface area contributed by atoms with E-state index in [1.54, 1.807) is 0 Å². The van der Waals surface area contributed by atoms with Gasteiger partial charge in [-0.2, -0.15) is 0 Å². The first-order chi connectivity index (χ1) is 13.4. The van der Waals surface area contributed by atoms with E-state index >= 15 is 0 Å². The Bertz CT molecular complexity index is 514. The van der Waals surface area contributed by atoms with Gasteiger partial charge in [0.1, 0.15) is 18.2 Å². The van der Waals surface area contributed by atoms with Gasteiger partial charge in [0.2, 0.25) is 11.8 Å². The second kappa shape index (κ2) is 11.1. The molecule has 1 saturated carbocycles. The number of piperazine rings is 1. The lowest BCUT2D eigenvalue weighted by Crippen LogP contribution is -2.65. The maximum Gasteiger partial charge on any atom is 0.245 e. The molecule has 2 amide bonds. The molecule has 1 heterocycles. The third kappa shape index (κ3) is 6.12. The summed E-state index contributed by atoms with van der Waals surface area (Å²) >= 11 is 0. The molecule has 2 rings (SSSR count). The fourth-order valence-electron chi connectivity index (χ4n) is 4.16. The molecule has 162 valence electrons. The monoisotopic (exact) mass is 401 g/mol. The molecule has 7 N–H and O–H groups in total. The summed E-state index contributed by atoms with van der Waals surface area (Å²) in [5.74, 6) is -0.231. The molecule has 0 spiro atoms. The Kier molecular flexibility index (Phi) is 9.10. The number of carbonyl (C=O) groups is 2. The topological polar surface area (TPSA) is 156 Å². The molecular formula is C19H35N3O6. The summed E-state index contributed by atoms with van der Waals surface area (Å²) in [6.45, 7) is -0.839. The van der Waals surface area contributed by atoms with Gasteiger partial charge in [0.25, 0.3) is 0 Å². The molecule has 0 radical (unpaired) electrons. The van der Waals surface area contributed by atoms with Crippen molar-refractivity contribution >= 4 is 11.8 Å². The number of aliphatic hydroxyl groups excluding tert-OH is 4. The molecular weight excluding hydrogens is 366 g/mol. The first-order valence-electron chi connectivity index (χ1n) is 10.3. The fraction of sp³-hybridized carbons (Fsp3) is 0.895. The van der Waals surface area contributed by atoms with Crippen LogP contribution >= 0.6 is 0 Å². The molecule has 1 aliphatic heterocycles. The Balaban J connectivity index is 2.11. The number of nitrogens with one attached hydrogen (secondary N) is 1. The van der Waals surface area contributed by atoms with Crippen LogP contribution in [0.4, 0.5) is 0 Å². The zero-order chi connectivity index (χ0) is 20.7. The molecule has 9 nitrogen and oxygen atoms in total. The van der Waals surface area contributed by atoms with Crippen LogP contribution in [0.5, 0.6) is 0 Å². The number of aliphatic hydroxyl groups is 4. The van der Waals surface area contributed by atoms with Crippen LogP contribution in [0, 0.1) is 5.92 Å². The van der Waals surface area contributed by atoms with Gasteiger partial charge in [-0.05, 0) is 25.2 Å². The van der Waals surface area contributed by atoms with Crippen molar-refractivity contribution in [3.05, 3.63) is 0 Å². The van der Waals surface area contributed by atoms with Crippen molar-refractivity contribution in [1.29, 1.82) is 0 Å². The van der Waals surface area contributed by atoms with Crippen molar-refractivity contribution in [2.24, 2.45) is 11.7 Å². The third-order valence-electron chi connectivity index (χ3n) is 5.93. The van der Waals surface area contributed by atoms with Gasteiger partial charge in [0, 0.05) is 6.54 Å². The normalized spacial score (nSPS) is 27.4. The van der Waals surface area contributed by atoms with Gasteiger partial charge in [-0.1, -0.05) is 32.1 Å². The molecule has 0 bridgehead atoms. The van der Waals surface area contributed by atoms with Crippen molar-refractivity contribution in [3.8, 4) is 0 Å². The van der Waals surface area contributed by atoms with Crippen LogP contribution in [0.3, 0.4) is 0 Å². The van der Waals surface area contributed by atoms with E-state index in [0.29, 0.717) is 12.3 Å². The molecule has 5 unspecified atom stereocenters. The molecule has 0 aromatic rings. The second-order valence-electron chi connectivity index (χ2n) is 8.09. The summed E-state index contributed by atoms with van der Waals surface area (Å²) in [6.07, 6.45) is 3.00. The van der Waals surface area contributed by atoms with Crippen LogP contribution in [-0.2, 0) is 9.59 Å². The molecule has 1 aliphatic carbocycles. The minimum absolute atomic E-state index is 0.0540. The third-order valence-corrected chi connectivity index (χ3v) is 5.93.